The number of fused-ring (bicyclic) bond motifs is 1. The highest BCUT2D eigenvalue weighted by atomic mass is 35.5. The minimum Gasteiger partial charge on any atom is -0.342 e. The van der Waals surface area contributed by atoms with E-state index >= 15 is 0 Å². The first-order valence-corrected chi connectivity index (χ1v) is 4.04. The van der Waals surface area contributed by atoms with Crippen molar-refractivity contribution in [2.75, 3.05) is 6.54 Å². The number of hydrogen-bond donors (Lipinski definition) is 2. The predicted octanol–water partition coefficient (Wildman–Crippen LogP) is 1.91. The second-order valence-corrected chi connectivity index (χ2v) is 2.74. The summed E-state index contributed by atoms with van der Waals surface area (Å²) >= 11 is 0. The Kier molecular flexibility index (Phi) is 5.53. The molecule has 0 saturated heterocycles. The van der Waals surface area contributed by atoms with Crippen LogP contribution in [0.1, 0.15) is 5.82 Å². The molecule has 0 bridgehead atoms. The van der Waals surface area contributed by atoms with Crippen molar-refractivity contribution in [3.63, 3.8) is 0 Å². The molecule has 0 aliphatic rings. The summed E-state index contributed by atoms with van der Waals surface area (Å²) in [6.07, 6.45) is 0.814. The van der Waals surface area contributed by atoms with E-state index < -0.39 is 0 Å². The summed E-state index contributed by atoms with van der Waals surface area (Å²) in [5.74, 6) is 0.971. The molecule has 2 aromatic rings. The van der Waals surface area contributed by atoms with Gasteiger partial charge in [0, 0.05) is 6.42 Å². The largest absolute Gasteiger partial charge is 0.342 e. The molecule has 0 saturated carbocycles. The van der Waals surface area contributed by atoms with Crippen molar-refractivity contribution in [2.45, 2.75) is 6.42 Å². The topological polar surface area (TPSA) is 54.7 Å². The van der Waals surface area contributed by atoms with E-state index in [-0.39, 0.29) is 24.8 Å². The van der Waals surface area contributed by atoms with Crippen LogP contribution < -0.4 is 5.73 Å². The zero-order chi connectivity index (χ0) is 8.39. The van der Waals surface area contributed by atoms with Gasteiger partial charge < -0.3 is 10.7 Å². The monoisotopic (exact) mass is 233 g/mol. The number of hydrogen-bond acceptors (Lipinski definition) is 2. The number of halogens is 2. The van der Waals surface area contributed by atoms with Gasteiger partial charge in [-0.15, -0.1) is 24.8 Å². The van der Waals surface area contributed by atoms with Crippen LogP contribution >= 0.6 is 24.8 Å². The zero-order valence-corrected chi connectivity index (χ0v) is 9.20. The number of rotatable bonds is 2. The number of aromatic amines is 1. The molecule has 3 N–H and O–H groups in total. The van der Waals surface area contributed by atoms with Crippen LogP contribution in [0.3, 0.4) is 0 Å². The maximum absolute atomic E-state index is 5.42. The van der Waals surface area contributed by atoms with E-state index in [9.17, 15) is 0 Å². The van der Waals surface area contributed by atoms with E-state index in [1.807, 2.05) is 24.3 Å². The molecule has 5 heteroatoms. The Morgan fingerprint density at radius 2 is 1.93 bits per heavy atom. The standard InChI is InChI=1S/C9H11N3.2ClH/c10-6-5-9-11-7-3-1-2-4-8(7)12-9;;/h1-4H,5-6,10H2,(H,11,12);2*1H. The van der Waals surface area contributed by atoms with E-state index in [0.29, 0.717) is 6.54 Å². The predicted molar refractivity (Wildman–Crippen MR) is 63.3 cm³/mol. The van der Waals surface area contributed by atoms with Gasteiger partial charge in [0.05, 0.1) is 11.0 Å². The van der Waals surface area contributed by atoms with E-state index in [0.717, 1.165) is 23.3 Å². The fraction of sp³-hybridized carbons (Fsp3) is 0.222. The molecule has 1 aromatic heterocycles. The van der Waals surface area contributed by atoms with Crippen LogP contribution in [0, 0.1) is 0 Å². The normalized spacial score (nSPS) is 9.21. The van der Waals surface area contributed by atoms with Crippen LogP contribution in [-0.4, -0.2) is 16.5 Å². The first kappa shape index (κ1) is 13.2. The van der Waals surface area contributed by atoms with Crippen molar-refractivity contribution < 1.29 is 0 Å². The van der Waals surface area contributed by atoms with Crippen molar-refractivity contribution in [2.24, 2.45) is 5.73 Å². The summed E-state index contributed by atoms with van der Waals surface area (Å²) < 4.78 is 0. The molecule has 14 heavy (non-hydrogen) atoms. The first-order chi connectivity index (χ1) is 5.90. The minimum atomic E-state index is 0. The maximum atomic E-state index is 5.42. The molecule has 0 aliphatic heterocycles. The maximum Gasteiger partial charge on any atom is 0.108 e. The van der Waals surface area contributed by atoms with E-state index in [1.165, 1.54) is 0 Å². The third kappa shape index (κ3) is 2.61. The van der Waals surface area contributed by atoms with Crippen LogP contribution in [-0.2, 0) is 6.42 Å². The molecule has 1 heterocycles. The number of imidazole rings is 1. The van der Waals surface area contributed by atoms with Gasteiger partial charge in [0.2, 0.25) is 0 Å². The summed E-state index contributed by atoms with van der Waals surface area (Å²) in [5.41, 5.74) is 7.52. The van der Waals surface area contributed by atoms with Crippen LogP contribution in [0.25, 0.3) is 11.0 Å². The molecule has 3 nitrogen and oxygen atoms in total. The second kappa shape index (κ2) is 5.86. The summed E-state index contributed by atoms with van der Waals surface area (Å²) in [4.78, 5) is 7.57. The van der Waals surface area contributed by atoms with Gasteiger partial charge in [-0.2, -0.15) is 0 Å². The Labute approximate surface area is 94.9 Å². The molecule has 0 aliphatic carbocycles. The molecular formula is C9H13Cl2N3. The SMILES string of the molecule is Cl.Cl.NCCc1nc2ccccc2[nH]1. The van der Waals surface area contributed by atoms with E-state index in [2.05, 4.69) is 9.97 Å². The third-order valence-electron chi connectivity index (χ3n) is 1.82. The highest BCUT2D eigenvalue weighted by Crippen LogP contribution is 2.09. The Morgan fingerprint density at radius 3 is 2.57 bits per heavy atom. The molecule has 0 unspecified atom stereocenters. The second-order valence-electron chi connectivity index (χ2n) is 2.74. The number of nitrogens with two attached hydrogens (primary N) is 1. The lowest BCUT2D eigenvalue weighted by Gasteiger charge is -1.87. The Bertz CT molecular complexity index is 353. The first-order valence-electron chi connectivity index (χ1n) is 4.04. The average molecular weight is 234 g/mol. The van der Waals surface area contributed by atoms with Gasteiger partial charge in [-0.05, 0) is 18.7 Å². The molecular weight excluding hydrogens is 221 g/mol. The van der Waals surface area contributed by atoms with Gasteiger partial charge in [0.1, 0.15) is 5.82 Å². The summed E-state index contributed by atoms with van der Waals surface area (Å²) in [6, 6.07) is 7.98. The average Bonchev–Trinajstić information content (AvgIpc) is 2.47. The lowest BCUT2D eigenvalue weighted by atomic mass is 10.3. The fourth-order valence-electron chi connectivity index (χ4n) is 1.26. The highest BCUT2D eigenvalue weighted by molar-refractivity contribution is 5.85. The molecule has 2 rings (SSSR count). The number of aromatic nitrogens is 2. The fourth-order valence-corrected chi connectivity index (χ4v) is 1.26. The molecule has 0 spiro atoms. The number of nitrogens with zero attached hydrogens (tertiary/aromatic N) is 1. The van der Waals surface area contributed by atoms with Gasteiger partial charge in [0.15, 0.2) is 0 Å². The Morgan fingerprint density at radius 1 is 1.21 bits per heavy atom. The lowest BCUT2D eigenvalue weighted by Crippen LogP contribution is -2.03. The number of nitrogens with one attached hydrogen (secondary N) is 1. The molecule has 78 valence electrons. The van der Waals surface area contributed by atoms with Crippen LogP contribution in [0.2, 0.25) is 0 Å². The minimum absolute atomic E-state index is 0. The highest BCUT2D eigenvalue weighted by Gasteiger charge is 1.98. The van der Waals surface area contributed by atoms with E-state index in [4.69, 9.17) is 5.73 Å². The molecule has 0 radical (unpaired) electrons. The number of H-pyrrole nitrogens is 1. The van der Waals surface area contributed by atoms with Gasteiger partial charge in [0.25, 0.3) is 0 Å². The quantitative estimate of drug-likeness (QED) is 0.833. The molecule has 0 amide bonds. The van der Waals surface area contributed by atoms with Crippen molar-refractivity contribution in [3.8, 4) is 0 Å². The Hall–Kier alpha value is -0.770. The summed E-state index contributed by atoms with van der Waals surface area (Å²) in [5, 5.41) is 0. The number of para-hydroxylation sites is 2. The third-order valence-corrected chi connectivity index (χ3v) is 1.82. The lowest BCUT2D eigenvalue weighted by molar-refractivity contribution is 0.900. The van der Waals surface area contributed by atoms with Crippen LogP contribution in [0.4, 0.5) is 0 Å². The number of benzene rings is 1. The van der Waals surface area contributed by atoms with Crippen molar-refractivity contribution in [3.05, 3.63) is 30.1 Å². The smallest absolute Gasteiger partial charge is 0.108 e. The van der Waals surface area contributed by atoms with Crippen molar-refractivity contribution in [1.29, 1.82) is 0 Å². The van der Waals surface area contributed by atoms with Crippen LogP contribution in [0.15, 0.2) is 24.3 Å². The molecule has 0 atom stereocenters. The van der Waals surface area contributed by atoms with Gasteiger partial charge in [-0.1, -0.05) is 12.1 Å². The van der Waals surface area contributed by atoms with E-state index in [1.54, 1.807) is 0 Å². The van der Waals surface area contributed by atoms with Crippen molar-refractivity contribution in [1.82, 2.24) is 9.97 Å². The zero-order valence-electron chi connectivity index (χ0n) is 7.56. The van der Waals surface area contributed by atoms with Gasteiger partial charge in [-0.25, -0.2) is 4.98 Å². The Balaban J connectivity index is 0.000000845. The van der Waals surface area contributed by atoms with Crippen LogP contribution in [0.5, 0.6) is 0 Å². The summed E-state index contributed by atoms with van der Waals surface area (Å²) in [7, 11) is 0. The van der Waals surface area contributed by atoms with Gasteiger partial charge in [-0.3, -0.25) is 0 Å². The van der Waals surface area contributed by atoms with Crippen molar-refractivity contribution >= 4 is 35.8 Å². The summed E-state index contributed by atoms with van der Waals surface area (Å²) in [6.45, 7) is 0.639. The molecule has 1 aromatic carbocycles. The van der Waals surface area contributed by atoms with Gasteiger partial charge >= 0.3 is 0 Å². The molecule has 0 fully saturated rings.